The SMILES string of the molecule is CCCc1nn(C)c2c1nc(N)n2C(C)C(=O)OC. The zero-order valence-corrected chi connectivity index (χ0v) is 11.7. The fourth-order valence-corrected chi connectivity index (χ4v) is 2.28. The highest BCUT2D eigenvalue weighted by molar-refractivity contribution is 5.82. The minimum Gasteiger partial charge on any atom is -0.467 e. The molecule has 0 bridgehead atoms. The Morgan fingerprint density at radius 2 is 2.21 bits per heavy atom. The van der Waals surface area contributed by atoms with Gasteiger partial charge in [0.2, 0.25) is 5.95 Å². The van der Waals surface area contributed by atoms with Crippen molar-refractivity contribution in [3.05, 3.63) is 5.69 Å². The molecule has 2 rings (SSSR count). The summed E-state index contributed by atoms with van der Waals surface area (Å²) < 4.78 is 8.13. The van der Waals surface area contributed by atoms with Crippen molar-refractivity contribution in [1.29, 1.82) is 0 Å². The van der Waals surface area contributed by atoms with Crippen molar-refractivity contribution in [1.82, 2.24) is 19.3 Å². The van der Waals surface area contributed by atoms with E-state index < -0.39 is 6.04 Å². The average molecular weight is 265 g/mol. The van der Waals surface area contributed by atoms with Gasteiger partial charge in [0.05, 0.1) is 12.8 Å². The molecule has 2 aromatic heterocycles. The van der Waals surface area contributed by atoms with Gasteiger partial charge in [0.15, 0.2) is 5.65 Å². The van der Waals surface area contributed by atoms with Crippen LogP contribution in [-0.4, -0.2) is 32.4 Å². The standard InChI is InChI=1S/C12H19N5O2/c1-5-6-8-9-10(16(3)15-8)17(12(13)14-9)7(2)11(18)19-4/h7H,5-6H2,1-4H3,(H2,13,14). The van der Waals surface area contributed by atoms with Gasteiger partial charge in [-0.15, -0.1) is 0 Å². The molecular formula is C12H19N5O2. The highest BCUT2D eigenvalue weighted by Gasteiger charge is 2.25. The quantitative estimate of drug-likeness (QED) is 0.834. The summed E-state index contributed by atoms with van der Waals surface area (Å²) in [6.45, 7) is 3.81. The van der Waals surface area contributed by atoms with Gasteiger partial charge in [-0.3, -0.25) is 9.25 Å². The maximum Gasteiger partial charge on any atom is 0.328 e. The van der Waals surface area contributed by atoms with Gasteiger partial charge in [0, 0.05) is 7.05 Å². The average Bonchev–Trinajstić information content (AvgIpc) is 2.86. The number of aromatic nitrogens is 4. The van der Waals surface area contributed by atoms with Crippen LogP contribution in [0.5, 0.6) is 0 Å². The molecule has 0 aliphatic rings. The lowest BCUT2D eigenvalue weighted by Crippen LogP contribution is -2.20. The molecule has 7 nitrogen and oxygen atoms in total. The summed E-state index contributed by atoms with van der Waals surface area (Å²) in [5.74, 6) is -0.0532. The molecular weight excluding hydrogens is 246 g/mol. The number of anilines is 1. The van der Waals surface area contributed by atoms with Crippen molar-refractivity contribution in [3.63, 3.8) is 0 Å². The molecule has 0 aliphatic heterocycles. The molecule has 0 amide bonds. The van der Waals surface area contributed by atoms with E-state index >= 15 is 0 Å². The number of hydrogen-bond acceptors (Lipinski definition) is 5. The monoisotopic (exact) mass is 265 g/mol. The first-order valence-corrected chi connectivity index (χ1v) is 6.28. The van der Waals surface area contributed by atoms with Crippen LogP contribution in [0.25, 0.3) is 11.2 Å². The Kier molecular flexibility index (Phi) is 3.46. The van der Waals surface area contributed by atoms with Crippen LogP contribution in [0.2, 0.25) is 0 Å². The molecule has 2 N–H and O–H groups in total. The second-order valence-corrected chi connectivity index (χ2v) is 4.53. The predicted molar refractivity (Wildman–Crippen MR) is 71.6 cm³/mol. The fourth-order valence-electron chi connectivity index (χ4n) is 2.28. The summed E-state index contributed by atoms with van der Waals surface area (Å²) in [4.78, 5) is 16.0. The zero-order chi connectivity index (χ0) is 14.2. The van der Waals surface area contributed by atoms with E-state index in [9.17, 15) is 4.79 Å². The first-order chi connectivity index (χ1) is 9.01. The Morgan fingerprint density at radius 3 is 2.79 bits per heavy atom. The normalized spacial score (nSPS) is 12.8. The number of ether oxygens (including phenoxy) is 1. The van der Waals surface area contributed by atoms with E-state index in [0.717, 1.165) is 29.7 Å². The molecule has 104 valence electrons. The van der Waals surface area contributed by atoms with Crippen molar-refractivity contribution in [2.75, 3.05) is 12.8 Å². The van der Waals surface area contributed by atoms with Crippen molar-refractivity contribution in [2.45, 2.75) is 32.7 Å². The summed E-state index contributed by atoms with van der Waals surface area (Å²) in [5, 5.41) is 4.43. The number of nitrogens with two attached hydrogens (primary N) is 1. The molecule has 7 heteroatoms. The molecule has 0 radical (unpaired) electrons. The van der Waals surface area contributed by atoms with Crippen molar-refractivity contribution in [3.8, 4) is 0 Å². The van der Waals surface area contributed by atoms with E-state index in [-0.39, 0.29) is 5.97 Å². The van der Waals surface area contributed by atoms with E-state index in [1.807, 2.05) is 7.05 Å². The van der Waals surface area contributed by atoms with Gasteiger partial charge in [0.1, 0.15) is 11.6 Å². The number of hydrogen-bond donors (Lipinski definition) is 1. The van der Waals surface area contributed by atoms with E-state index in [0.29, 0.717) is 5.95 Å². The summed E-state index contributed by atoms with van der Waals surface area (Å²) in [6, 6.07) is -0.528. The van der Waals surface area contributed by atoms with Crippen molar-refractivity contribution >= 4 is 23.1 Å². The van der Waals surface area contributed by atoms with Crippen LogP contribution in [0.15, 0.2) is 0 Å². The second-order valence-electron chi connectivity index (χ2n) is 4.53. The smallest absolute Gasteiger partial charge is 0.328 e. The number of rotatable bonds is 4. The Bertz CT molecular complexity index is 613. The Labute approximate surface area is 111 Å². The Morgan fingerprint density at radius 1 is 1.53 bits per heavy atom. The topological polar surface area (TPSA) is 88.0 Å². The number of carbonyl (C=O) groups excluding carboxylic acids is 1. The zero-order valence-electron chi connectivity index (χ0n) is 11.7. The summed E-state index contributed by atoms with van der Waals surface area (Å²) in [5.41, 5.74) is 8.34. The maximum absolute atomic E-state index is 11.7. The molecule has 1 atom stereocenters. The number of fused-ring (bicyclic) bond motifs is 1. The van der Waals surface area contributed by atoms with Gasteiger partial charge >= 0.3 is 5.97 Å². The molecule has 0 fully saturated rings. The number of aryl methyl sites for hydroxylation is 2. The third-order valence-electron chi connectivity index (χ3n) is 3.18. The van der Waals surface area contributed by atoms with E-state index in [2.05, 4.69) is 17.0 Å². The summed E-state index contributed by atoms with van der Waals surface area (Å²) in [7, 11) is 3.18. The lowest BCUT2D eigenvalue weighted by Gasteiger charge is -2.13. The van der Waals surface area contributed by atoms with Crippen LogP contribution in [-0.2, 0) is 23.0 Å². The van der Waals surface area contributed by atoms with Gasteiger partial charge in [-0.25, -0.2) is 9.78 Å². The van der Waals surface area contributed by atoms with Crippen LogP contribution < -0.4 is 5.73 Å². The molecule has 2 aromatic rings. The van der Waals surface area contributed by atoms with Gasteiger partial charge in [-0.05, 0) is 13.3 Å². The highest BCUT2D eigenvalue weighted by Crippen LogP contribution is 2.26. The molecule has 19 heavy (non-hydrogen) atoms. The van der Waals surface area contributed by atoms with Crippen molar-refractivity contribution < 1.29 is 9.53 Å². The number of nitrogen functional groups attached to an aromatic ring is 1. The highest BCUT2D eigenvalue weighted by atomic mass is 16.5. The Hall–Kier alpha value is -2.05. The third-order valence-corrected chi connectivity index (χ3v) is 3.18. The van der Waals surface area contributed by atoms with E-state index in [1.54, 1.807) is 16.2 Å². The lowest BCUT2D eigenvalue weighted by atomic mass is 10.2. The van der Waals surface area contributed by atoms with Gasteiger partial charge in [-0.2, -0.15) is 5.10 Å². The van der Waals surface area contributed by atoms with Gasteiger partial charge in [0.25, 0.3) is 0 Å². The van der Waals surface area contributed by atoms with Crippen LogP contribution in [0, 0.1) is 0 Å². The first kappa shape index (κ1) is 13.4. The number of carbonyl (C=O) groups is 1. The van der Waals surface area contributed by atoms with Crippen LogP contribution in [0.4, 0.5) is 5.95 Å². The number of imidazole rings is 1. The third kappa shape index (κ3) is 2.05. The maximum atomic E-state index is 11.7. The van der Waals surface area contributed by atoms with Crippen LogP contribution in [0.3, 0.4) is 0 Å². The summed E-state index contributed by atoms with van der Waals surface area (Å²) in [6.07, 6.45) is 1.81. The number of methoxy groups -OCH3 is 1. The van der Waals surface area contributed by atoms with E-state index in [1.165, 1.54) is 7.11 Å². The van der Waals surface area contributed by atoms with Crippen LogP contribution >= 0.6 is 0 Å². The molecule has 0 aliphatic carbocycles. The summed E-state index contributed by atoms with van der Waals surface area (Å²) >= 11 is 0. The molecule has 1 unspecified atom stereocenters. The lowest BCUT2D eigenvalue weighted by molar-refractivity contribution is -0.143. The fraction of sp³-hybridized carbons (Fsp3) is 0.583. The predicted octanol–water partition coefficient (Wildman–Crippen LogP) is 1.04. The number of esters is 1. The molecule has 2 heterocycles. The van der Waals surface area contributed by atoms with Gasteiger partial charge in [-0.1, -0.05) is 13.3 Å². The minimum atomic E-state index is -0.528. The second kappa shape index (κ2) is 4.91. The molecule has 0 saturated heterocycles. The Balaban J connectivity index is 2.61. The van der Waals surface area contributed by atoms with Crippen LogP contribution in [0.1, 0.15) is 32.0 Å². The molecule has 0 spiro atoms. The van der Waals surface area contributed by atoms with Gasteiger partial charge < -0.3 is 10.5 Å². The largest absolute Gasteiger partial charge is 0.467 e. The van der Waals surface area contributed by atoms with E-state index in [4.69, 9.17) is 10.5 Å². The molecule has 0 saturated carbocycles. The first-order valence-electron chi connectivity index (χ1n) is 6.28. The molecule has 0 aromatic carbocycles. The van der Waals surface area contributed by atoms with Crippen molar-refractivity contribution in [2.24, 2.45) is 7.05 Å². The number of nitrogens with zero attached hydrogens (tertiary/aromatic N) is 4. The minimum absolute atomic E-state index is 0.304.